The van der Waals surface area contributed by atoms with Crippen molar-refractivity contribution in [2.24, 2.45) is 0 Å². The summed E-state index contributed by atoms with van der Waals surface area (Å²) in [5.74, 6) is -0.334. The highest BCUT2D eigenvalue weighted by Gasteiger charge is 2.10. The molecule has 0 heterocycles. The van der Waals surface area contributed by atoms with E-state index in [1.807, 2.05) is 30.3 Å². The number of carbonyl (C=O) groups excluding carboxylic acids is 1. The molecule has 5 heteroatoms. The molecule has 0 atom stereocenters. The van der Waals surface area contributed by atoms with Crippen LogP contribution in [0.3, 0.4) is 0 Å². The summed E-state index contributed by atoms with van der Waals surface area (Å²) in [4.78, 5) is 11.9. The molecule has 0 bridgehead atoms. The number of benzene rings is 2. The summed E-state index contributed by atoms with van der Waals surface area (Å²) < 4.78 is 0. The molecule has 96 valence electrons. The average Bonchev–Trinajstić information content (AvgIpc) is 2.40. The molecule has 19 heavy (non-hydrogen) atoms. The number of para-hydroxylation sites is 1. The SMILES string of the molecule is O=C(NC(=S)Nc1ccccc1)c1ccccc1Cl. The maximum atomic E-state index is 11.9. The summed E-state index contributed by atoms with van der Waals surface area (Å²) >= 11 is 11.0. The summed E-state index contributed by atoms with van der Waals surface area (Å²) in [7, 11) is 0. The van der Waals surface area contributed by atoms with Gasteiger partial charge >= 0.3 is 0 Å². The lowest BCUT2D eigenvalue weighted by molar-refractivity contribution is 0.0978. The number of hydrogen-bond acceptors (Lipinski definition) is 2. The van der Waals surface area contributed by atoms with Gasteiger partial charge < -0.3 is 5.32 Å². The first kappa shape index (κ1) is 13.5. The number of amides is 1. The van der Waals surface area contributed by atoms with Crippen molar-refractivity contribution in [3.63, 3.8) is 0 Å². The second kappa shape index (κ2) is 6.31. The molecule has 2 N–H and O–H groups in total. The van der Waals surface area contributed by atoms with Crippen LogP contribution >= 0.6 is 23.8 Å². The van der Waals surface area contributed by atoms with Crippen molar-refractivity contribution in [1.82, 2.24) is 5.32 Å². The molecule has 0 spiro atoms. The molecular formula is C14H11ClN2OS. The van der Waals surface area contributed by atoms with E-state index < -0.39 is 0 Å². The molecule has 0 fully saturated rings. The van der Waals surface area contributed by atoms with Crippen molar-refractivity contribution >= 4 is 40.5 Å². The molecule has 0 radical (unpaired) electrons. The summed E-state index contributed by atoms with van der Waals surface area (Å²) in [5.41, 5.74) is 1.20. The molecule has 2 rings (SSSR count). The van der Waals surface area contributed by atoms with Gasteiger partial charge in [-0.05, 0) is 36.5 Å². The smallest absolute Gasteiger partial charge is 0.258 e. The molecule has 2 aromatic rings. The Balaban J connectivity index is 2.00. The predicted molar refractivity (Wildman–Crippen MR) is 81.6 cm³/mol. The van der Waals surface area contributed by atoms with E-state index in [0.29, 0.717) is 10.6 Å². The Morgan fingerprint density at radius 3 is 2.32 bits per heavy atom. The average molecular weight is 291 g/mol. The van der Waals surface area contributed by atoms with Crippen LogP contribution in [-0.2, 0) is 0 Å². The van der Waals surface area contributed by atoms with Crippen molar-refractivity contribution in [3.8, 4) is 0 Å². The van der Waals surface area contributed by atoms with Gasteiger partial charge in [0.05, 0.1) is 10.6 Å². The van der Waals surface area contributed by atoms with Crippen LogP contribution in [0.5, 0.6) is 0 Å². The van der Waals surface area contributed by atoms with Crippen LogP contribution < -0.4 is 10.6 Å². The number of carbonyl (C=O) groups is 1. The Bertz CT molecular complexity index is 601. The van der Waals surface area contributed by atoms with E-state index in [1.54, 1.807) is 24.3 Å². The van der Waals surface area contributed by atoms with Crippen LogP contribution in [0.1, 0.15) is 10.4 Å². The van der Waals surface area contributed by atoms with E-state index >= 15 is 0 Å². The Morgan fingerprint density at radius 2 is 1.63 bits per heavy atom. The fourth-order valence-electron chi connectivity index (χ4n) is 1.50. The first-order valence-electron chi connectivity index (χ1n) is 5.59. The van der Waals surface area contributed by atoms with Crippen LogP contribution in [0.4, 0.5) is 5.69 Å². The van der Waals surface area contributed by atoms with Gasteiger partial charge in [0.25, 0.3) is 5.91 Å². The maximum absolute atomic E-state index is 11.9. The molecule has 0 saturated heterocycles. The highest BCUT2D eigenvalue weighted by molar-refractivity contribution is 7.80. The van der Waals surface area contributed by atoms with Crippen molar-refractivity contribution in [2.45, 2.75) is 0 Å². The van der Waals surface area contributed by atoms with Gasteiger partial charge in [-0.15, -0.1) is 0 Å². The van der Waals surface area contributed by atoms with Crippen LogP contribution in [0.15, 0.2) is 54.6 Å². The molecule has 0 aliphatic rings. The minimum absolute atomic E-state index is 0.233. The van der Waals surface area contributed by atoms with Crippen molar-refractivity contribution in [2.75, 3.05) is 5.32 Å². The lowest BCUT2D eigenvalue weighted by Gasteiger charge is -2.10. The number of rotatable bonds is 2. The number of halogens is 1. The van der Waals surface area contributed by atoms with Gasteiger partial charge in [0.15, 0.2) is 5.11 Å². The zero-order valence-corrected chi connectivity index (χ0v) is 11.5. The van der Waals surface area contributed by atoms with Gasteiger partial charge in [0, 0.05) is 5.69 Å². The van der Waals surface area contributed by atoms with Crippen LogP contribution in [0.2, 0.25) is 5.02 Å². The second-order valence-electron chi connectivity index (χ2n) is 3.75. The van der Waals surface area contributed by atoms with Crippen LogP contribution in [0, 0.1) is 0 Å². The standard InChI is InChI=1S/C14H11ClN2OS/c15-12-9-5-4-8-11(12)13(18)17-14(19)16-10-6-2-1-3-7-10/h1-9H,(H2,16,17,18,19). The monoisotopic (exact) mass is 290 g/mol. The van der Waals surface area contributed by atoms with Crippen molar-refractivity contribution in [1.29, 1.82) is 0 Å². The third kappa shape index (κ3) is 3.77. The number of anilines is 1. The third-order valence-electron chi connectivity index (χ3n) is 2.38. The van der Waals surface area contributed by atoms with Gasteiger partial charge in [-0.1, -0.05) is 41.9 Å². The Labute approximate surface area is 121 Å². The van der Waals surface area contributed by atoms with Gasteiger partial charge in [0.2, 0.25) is 0 Å². The minimum atomic E-state index is -0.334. The van der Waals surface area contributed by atoms with E-state index in [9.17, 15) is 4.79 Å². The van der Waals surface area contributed by atoms with Crippen molar-refractivity contribution in [3.05, 3.63) is 65.2 Å². The number of nitrogens with one attached hydrogen (secondary N) is 2. The third-order valence-corrected chi connectivity index (χ3v) is 2.91. The summed E-state index contributed by atoms with van der Waals surface area (Å²) in [6.07, 6.45) is 0. The molecule has 0 aromatic heterocycles. The van der Waals surface area contributed by atoms with E-state index in [1.165, 1.54) is 0 Å². The molecule has 0 aliphatic carbocycles. The molecule has 2 aromatic carbocycles. The zero-order valence-electron chi connectivity index (χ0n) is 9.89. The maximum Gasteiger partial charge on any atom is 0.258 e. The fraction of sp³-hybridized carbons (Fsp3) is 0. The molecule has 0 aliphatic heterocycles. The molecule has 3 nitrogen and oxygen atoms in total. The number of thiocarbonyl (C=S) groups is 1. The predicted octanol–water partition coefficient (Wildman–Crippen LogP) is 3.47. The van der Waals surface area contributed by atoms with Crippen LogP contribution in [0.25, 0.3) is 0 Å². The molecular weight excluding hydrogens is 280 g/mol. The molecule has 1 amide bonds. The van der Waals surface area contributed by atoms with Gasteiger partial charge in [-0.2, -0.15) is 0 Å². The second-order valence-corrected chi connectivity index (χ2v) is 4.57. The highest BCUT2D eigenvalue weighted by atomic mass is 35.5. The zero-order chi connectivity index (χ0) is 13.7. The number of hydrogen-bond donors (Lipinski definition) is 2. The summed E-state index contributed by atoms with van der Waals surface area (Å²) in [5, 5.41) is 6.12. The largest absolute Gasteiger partial charge is 0.332 e. The van der Waals surface area contributed by atoms with E-state index in [4.69, 9.17) is 23.8 Å². The van der Waals surface area contributed by atoms with E-state index in [2.05, 4.69) is 10.6 Å². The highest BCUT2D eigenvalue weighted by Crippen LogP contribution is 2.14. The Kier molecular flexibility index (Phi) is 4.49. The first-order chi connectivity index (χ1) is 9.16. The lowest BCUT2D eigenvalue weighted by Crippen LogP contribution is -2.34. The first-order valence-corrected chi connectivity index (χ1v) is 6.37. The quantitative estimate of drug-likeness (QED) is 0.832. The lowest BCUT2D eigenvalue weighted by atomic mass is 10.2. The Morgan fingerprint density at radius 1 is 1.00 bits per heavy atom. The van der Waals surface area contributed by atoms with Gasteiger partial charge in [0.1, 0.15) is 0 Å². The summed E-state index contributed by atoms with van der Waals surface area (Å²) in [6.45, 7) is 0. The van der Waals surface area contributed by atoms with Gasteiger partial charge in [-0.3, -0.25) is 10.1 Å². The minimum Gasteiger partial charge on any atom is -0.332 e. The van der Waals surface area contributed by atoms with Gasteiger partial charge in [-0.25, -0.2) is 0 Å². The van der Waals surface area contributed by atoms with E-state index in [0.717, 1.165) is 5.69 Å². The Hall–Kier alpha value is -1.91. The normalized spacial score (nSPS) is 9.74. The topological polar surface area (TPSA) is 41.1 Å². The van der Waals surface area contributed by atoms with E-state index in [-0.39, 0.29) is 11.0 Å². The van der Waals surface area contributed by atoms with Crippen molar-refractivity contribution < 1.29 is 4.79 Å². The fourth-order valence-corrected chi connectivity index (χ4v) is 1.93. The summed E-state index contributed by atoms with van der Waals surface area (Å²) in [6, 6.07) is 16.2. The van der Waals surface area contributed by atoms with Crippen LogP contribution in [-0.4, -0.2) is 11.0 Å². The molecule has 0 saturated carbocycles. The molecule has 0 unspecified atom stereocenters.